The van der Waals surface area contributed by atoms with Crippen molar-refractivity contribution in [2.24, 2.45) is 0 Å². The molecule has 0 unspecified atom stereocenters. The van der Waals surface area contributed by atoms with Crippen LogP contribution < -0.4 is 0 Å². The minimum atomic E-state index is 0.662. The maximum absolute atomic E-state index is 2.27. The Hall–Kier alpha value is -0.0405. The van der Waals surface area contributed by atoms with Gasteiger partial charge in [0.2, 0.25) is 0 Å². The van der Waals surface area contributed by atoms with Crippen LogP contribution in [0.15, 0.2) is 22.5 Å². The van der Waals surface area contributed by atoms with Gasteiger partial charge in [0.15, 0.2) is 0 Å². The van der Waals surface area contributed by atoms with Gasteiger partial charge in [-0.15, -0.1) is 0 Å². The molecule has 2 rings (SSSR count). The van der Waals surface area contributed by atoms with E-state index in [2.05, 4.69) is 22.5 Å². The van der Waals surface area contributed by atoms with E-state index in [1.54, 1.807) is 4.26 Å². The average Bonchev–Trinajstić information content (AvgIpc) is 2.15. The second-order valence-corrected chi connectivity index (χ2v) is 4.51. The summed E-state index contributed by atoms with van der Waals surface area (Å²) in [4.78, 5) is 2.27. The molecule has 8 heavy (non-hydrogen) atoms. The van der Waals surface area contributed by atoms with Crippen molar-refractivity contribution in [3.05, 3.63) is 22.5 Å². The van der Waals surface area contributed by atoms with Crippen molar-refractivity contribution in [3.8, 4) is 0 Å². The summed E-state index contributed by atoms with van der Waals surface area (Å²) in [6.07, 6.45) is 0. The molecule has 2 aromatic rings. The predicted molar refractivity (Wildman–Crippen MR) is 38.8 cm³/mol. The Balaban J connectivity index is 3.06. The first-order valence-electron chi connectivity index (χ1n) is 2.37. The third-order valence-corrected chi connectivity index (χ3v) is 4.10. The molecule has 0 bridgehead atoms. The van der Waals surface area contributed by atoms with E-state index in [9.17, 15) is 0 Å². The van der Waals surface area contributed by atoms with Gasteiger partial charge >= 0.3 is 57.3 Å². The molecular weight excluding hydrogens is 183 g/mol. The van der Waals surface area contributed by atoms with Crippen molar-refractivity contribution >= 4 is 34.8 Å². The molecule has 40 valence electrons. The van der Waals surface area contributed by atoms with Crippen molar-refractivity contribution < 1.29 is 0 Å². The molecule has 0 aromatic carbocycles. The zero-order valence-corrected chi connectivity index (χ0v) is 6.66. The summed E-state index contributed by atoms with van der Waals surface area (Å²) in [6, 6.07) is 4.44. The number of hydrogen-bond donors (Lipinski definition) is 0. The average molecular weight is 187 g/mol. The van der Waals surface area contributed by atoms with E-state index in [0.717, 1.165) is 0 Å². The first-order valence-corrected chi connectivity index (χ1v) is 5.10. The van der Waals surface area contributed by atoms with Gasteiger partial charge in [-0.25, -0.2) is 0 Å². The molecule has 0 saturated carbocycles. The van der Waals surface area contributed by atoms with Crippen molar-refractivity contribution in [3.63, 3.8) is 0 Å². The molecule has 0 aliphatic carbocycles. The van der Waals surface area contributed by atoms with Gasteiger partial charge in [0.05, 0.1) is 0 Å². The van der Waals surface area contributed by atoms with E-state index in [-0.39, 0.29) is 0 Å². The van der Waals surface area contributed by atoms with Crippen LogP contribution in [0.5, 0.6) is 0 Å². The number of rotatable bonds is 0. The van der Waals surface area contributed by atoms with Gasteiger partial charge in [0.1, 0.15) is 0 Å². The molecule has 0 N–H and O–H groups in total. The Kier molecular flexibility index (Phi) is 1.04. The molecule has 0 aliphatic rings. The summed E-state index contributed by atoms with van der Waals surface area (Å²) in [5, 5.41) is 2.16. The summed E-state index contributed by atoms with van der Waals surface area (Å²) >= 11 is 2.50. The molecule has 0 amide bonds. The SMILES string of the molecule is c1cc2[se]ccc2s1. The van der Waals surface area contributed by atoms with Crippen LogP contribution in [-0.4, -0.2) is 14.5 Å². The van der Waals surface area contributed by atoms with E-state index < -0.39 is 0 Å². The van der Waals surface area contributed by atoms with Crippen LogP contribution in [0.3, 0.4) is 0 Å². The van der Waals surface area contributed by atoms with Gasteiger partial charge in [0, 0.05) is 0 Å². The molecule has 2 heterocycles. The van der Waals surface area contributed by atoms with Crippen molar-refractivity contribution in [2.75, 3.05) is 0 Å². The van der Waals surface area contributed by atoms with Crippen LogP contribution in [0.2, 0.25) is 0 Å². The van der Waals surface area contributed by atoms with Crippen molar-refractivity contribution in [1.29, 1.82) is 0 Å². The van der Waals surface area contributed by atoms with Gasteiger partial charge < -0.3 is 0 Å². The Morgan fingerprint density at radius 1 is 1.38 bits per heavy atom. The van der Waals surface area contributed by atoms with Gasteiger partial charge in [-0.05, 0) is 0 Å². The van der Waals surface area contributed by atoms with Crippen LogP contribution in [0, 0.1) is 0 Å². The Morgan fingerprint density at radius 3 is 3.25 bits per heavy atom. The van der Waals surface area contributed by atoms with Crippen LogP contribution in [0.25, 0.3) is 8.96 Å². The molecule has 0 saturated heterocycles. The Bertz CT molecular complexity index is 230. The summed E-state index contributed by atoms with van der Waals surface area (Å²) in [6.45, 7) is 0. The first-order chi connectivity index (χ1) is 3.97. The predicted octanol–water partition coefficient (Wildman–Crippen LogP) is 1.96. The van der Waals surface area contributed by atoms with Crippen LogP contribution >= 0.6 is 11.3 Å². The van der Waals surface area contributed by atoms with E-state index in [0.29, 0.717) is 14.5 Å². The first kappa shape index (κ1) is 4.80. The third kappa shape index (κ3) is 0.575. The molecule has 0 nitrogen and oxygen atoms in total. The fourth-order valence-electron chi connectivity index (χ4n) is 0.697. The van der Waals surface area contributed by atoms with Crippen LogP contribution in [0.1, 0.15) is 0 Å². The van der Waals surface area contributed by atoms with E-state index >= 15 is 0 Å². The fraction of sp³-hybridized carbons (Fsp3) is 0. The Morgan fingerprint density at radius 2 is 2.38 bits per heavy atom. The molecule has 0 spiro atoms. The van der Waals surface area contributed by atoms with Gasteiger partial charge in [0.25, 0.3) is 0 Å². The van der Waals surface area contributed by atoms with Crippen molar-refractivity contribution in [1.82, 2.24) is 0 Å². The van der Waals surface area contributed by atoms with Gasteiger partial charge in [-0.1, -0.05) is 0 Å². The fourth-order valence-corrected chi connectivity index (χ4v) is 3.75. The molecule has 0 atom stereocenters. The minimum absolute atomic E-state index is 0.662. The third-order valence-electron chi connectivity index (χ3n) is 1.07. The normalized spacial score (nSPS) is 10.5. The molecule has 0 fully saturated rings. The zero-order chi connectivity index (χ0) is 5.40. The van der Waals surface area contributed by atoms with E-state index in [4.69, 9.17) is 0 Å². The molecular formula is C6H4SSe. The summed E-state index contributed by atoms with van der Waals surface area (Å²) in [5.41, 5.74) is 0. The second-order valence-electron chi connectivity index (χ2n) is 1.57. The summed E-state index contributed by atoms with van der Waals surface area (Å²) < 4.78 is 3.03. The topological polar surface area (TPSA) is 0 Å². The molecule has 0 radical (unpaired) electrons. The number of fused-ring (bicyclic) bond motifs is 1. The second kappa shape index (κ2) is 1.73. The van der Waals surface area contributed by atoms with Crippen molar-refractivity contribution in [2.45, 2.75) is 0 Å². The Labute approximate surface area is 57.5 Å². The molecule has 2 heteroatoms. The van der Waals surface area contributed by atoms with E-state index in [1.165, 1.54) is 4.70 Å². The maximum atomic E-state index is 2.27. The molecule has 0 aliphatic heterocycles. The quantitative estimate of drug-likeness (QED) is 0.553. The standard InChI is InChI=1S/C6H4SSe/c1-3-7-5-2-4-8-6(1)5/h1-4H. The zero-order valence-electron chi connectivity index (χ0n) is 4.13. The molecule has 2 aromatic heterocycles. The number of thiophene rings is 1. The summed E-state index contributed by atoms with van der Waals surface area (Å²) in [7, 11) is 0. The summed E-state index contributed by atoms with van der Waals surface area (Å²) in [5.74, 6) is 0. The van der Waals surface area contributed by atoms with Gasteiger partial charge in [-0.2, -0.15) is 0 Å². The van der Waals surface area contributed by atoms with Crippen LogP contribution in [0.4, 0.5) is 0 Å². The number of hydrogen-bond acceptors (Lipinski definition) is 1. The van der Waals surface area contributed by atoms with Gasteiger partial charge in [-0.3, -0.25) is 0 Å². The van der Waals surface area contributed by atoms with Crippen LogP contribution in [-0.2, 0) is 0 Å². The monoisotopic (exact) mass is 188 g/mol. The van der Waals surface area contributed by atoms with E-state index in [1.807, 2.05) is 11.3 Å².